The van der Waals surface area contributed by atoms with Crippen molar-refractivity contribution in [1.29, 1.82) is 0 Å². The molecule has 0 spiro atoms. The third kappa shape index (κ3) is 2.88. The van der Waals surface area contributed by atoms with Crippen LogP contribution < -0.4 is 0 Å². The average Bonchev–Trinajstić information content (AvgIpc) is 2.48. The highest BCUT2D eigenvalue weighted by Gasteiger charge is 2.35. The molecular weight excluding hydrogens is 284 g/mol. The summed E-state index contributed by atoms with van der Waals surface area (Å²) in [4.78, 5) is 27.0. The lowest BCUT2D eigenvalue weighted by Crippen LogP contribution is -2.52. The van der Waals surface area contributed by atoms with Gasteiger partial charge in [0.25, 0.3) is 11.8 Å². The number of likely N-dealkylation sites (N-methyl/N-ethyl adjacent to an activating group) is 2. The zero-order valence-corrected chi connectivity index (χ0v) is 13.4. The Morgan fingerprint density at radius 3 is 1.90 bits per heavy atom. The maximum Gasteiger partial charge on any atom is 0.265 e. The molecule has 0 unspecified atom stereocenters. The molecule has 1 saturated heterocycles. The molecule has 1 fully saturated rings. The Hall–Kier alpha value is -2.01. The minimum atomic E-state index is -0.365. The van der Waals surface area contributed by atoms with Gasteiger partial charge in [0.05, 0.1) is 0 Å². The molecule has 1 heterocycles. The summed E-state index contributed by atoms with van der Waals surface area (Å²) in [7, 11) is 3.15. The number of carbonyl (C=O) groups is 2. The lowest BCUT2D eigenvalue weighted by Gasteiger charge is -2.31. The number of hydrogen-bond acceptors (Lipinski definition) is 3. The SMILES string of the molecule is CC(C)c1ccc(C=C2C(=O)N(C)C(=S)N(C)C2=O)cc1. The molecule has 0 N–H and O–H groups in total. The maximum atomic E-state index is 12.2. The minimum absolute atomic E-state index is 0.130. The van der Waals surface area contributed by atoms with E-state index in [1.165, 1.54) is 15.4 Å². The third-order valence-corrected chi connectivity index (χ3v) is 4.11. The fourth-order valence-electron chi connectivity index (χ4n) is 2.12. The number of hydrogen-bond donors (Lipinski definition) is 0. The van der Waals surface area contributed by atoms with Gasteiger partial charge in [-0.05, 0) is 35.3 Å². The van der Waals surface area contributed by atoms with Gasteiger partial charge in [0.2, 0.25) is 0 Å². The molecule has 1 aliphatic rings. The van der Waals surface area contributed by atoms with E-state index >= 15 is 0 Å². The van der Waals surface area contributed by atoms with Gasteiger partial charge >= 0.3 is 0 Å². The van der Waals surface area contributed by atoms with Crippen LogP contribution in [0.3, 0.4) is 0 Å². The Labute approximate surface area is 130 Å². The van der Waals surface area contributed by atoms with Crippen LogP contribution in [0.15, 0.2) is 29.8 Å². The maximum absolute atomic E-state index is 12.2. The number of benzene rings is 1. The molecule has 0 aromatic heterocycles. The van der Waals surface area contributed by atoms with Gasteiger partial charge in [0.1, 0.15) is 5.57 Å². The standard InChI is InChI=1S/C16H18N2O2S/c1-10(2)12-7-5-11(6-8-12)9-13-14(19)17(3)16(21)18(4)15(13)20/h5-10H,1-4H3. The van der Waals surface area contributed by atoms with Crippen molar-refractivity contribution < 1.29 is 9.59 Å². The first-order valence-electron chi connectivity index (χ1n) is 6.74. The third-order valence-electron chi connectivity index (χ3n) is 3.56. The molecule has 0 saturated carbocycles. The van der Waals surface area contributed by atoms with Gasteiger partial charge in [0.15, 0.2) is 5.11 Å². The molecule has 1 aromatic rings. The second kappa shape index (κ2) is 5.77. The predicted molar refractivity (Wildman–Crippen MR) is 86.6 cm³/mol. The van der Waals surface area contributed by atoms with E-state index in [4.69, 9.17) is 12.2 Å². The van der Waals surface area contributed by atoms with Crippen LogP contribution in [-0.4, -0.2) is 40.8 Å². The first-order chi connectivity index (χ1) is 9.82. The molecule has 2 rings (SSSR count). The van der Waals surface area contributed by atoms with E-state index in [9.17, 15) is 9.59 Å². The van der Waals surface area contributed by atoms with Crippen molar-refractivity contribution in [3.63, 3.8) is 0 Å². The zero-order chi connectivity index (χ0) is 15.7. The Kier molecular flexibility index (Phi) is 4.23. The van der Waals surface area contributed by atoms with Crippen LogP contribution in [-0.2, 0) is 9.59 Å². The average molecular weight is 302 g/mol. The van der Waals surface area contributed by atoms with E-state index < -0.39 is 0 Å². The van der Waals surface area contributed by atoms with Crippen LogP contribution in [0.5, 0.6) is 0 Å². The molecule has 5 heteroatoms. The molecule has 4 nitrogen and oxygen atoms in total. The predicted octanol–water partition coefficient (Wildman–Crippen LogP) is 2.41. The molecule has 21 heavy (non-hydrogen) atoms. The van der Waals surface area contributed by atoms with Crippen LogP contribution in [0.1, 0.15) is 30.9 Å². The highest BCUT2D eigenvalue weighted by atomic mass is 32.1. The number of rotatable bonds is 2. The van der Waals surface area contributed by atoms with Crippen molar-refractivity contribution in [3.05, 3.63) is 41.0 Å². The number of amides is 2. The first-order valence-corrected chi connectivity index (χ1v) is 7.15. The summed E-state index contributed by atoms with van der Waals surface area (Å²) >= 11 is 5.05. The molecule has 0 aliphatic carbocycles. The second-order valence-corrected chi connectivity index (χ2v) is 5.76. The van der Waals surface area contributed by atoms with Gasteiger partial charge in [-0.2, -0.15) is 0 Å². The highest BCUT2D eigenvalue weighted by Crippen LogP contribution is 2.20. The Bertz CT molecular complexity index is 606. The van der Waals surface area contributed by atoms with Gasteiger partial charge in [0, 0.05) is 14.1 Å². The van der Waals surface area contributed by atoms with E-state index in [2.05, 4.69) is 13.8 Å². The molecular formula is C16H18N2O2S. The van der Waals surface area contributed by atoms with Gasteiger partial charge < -0.3 is 0 Å². The van der Waals surface area contributed by atoms with Crippen molar-refractivity contribution in [2.75, 3.05) is 14.1 Å². The molecule has 0 bridgehead atoms. The number of carbonyl (C=O) groups excluding carboxylic acids is 2. The summed E-state index contributed by atoms with van der Waals surface area (Å²) in [6.07, 6.45) is 1.61. The summed E-state index contributed by atoms with van der Waals surface area (Å²) in [5.41, 5.74) is 2.17. The molecule has 1 aliphatic heterocycles. The fourth-order valence-corrected chi connectivity index (χ4v) is 2.28. The highest BCUT2D eigenvalue weighted by molar-refractivity contribution is 7.80. The van der Waals surface area contributed by atoms with Crippen molar-refractivity contribution in [2.45, 2.75) is 19.8 Å². The van der Waals surface area contributed by atoms with Gasteiger partial charge in [-0.15, -0.1) is 0 Å². The van der Waals surface area contributed by atoms with Crippen LogP contribution in [0.2, 0.25) is 0 Å². The van der Waals surface area contributed by atoms with E-state index in [0.717, 1.165) is 5.56 Å². The van der Waals surface area contributed by atoms with E-state index in [1.807, 2.05) is 24.3 Å². The zero-order valence-electron chi connectivity index (χ0n) is 12.6. The molecule has 2 amide bonds. The normalized spacial score (nSPS) is 16.0. The summed E-state index contributed by atoms with van der Waals surface area (Å²) in [5, 5.41) is 0.220. The molecule has 0 radical (unpaired) electrons. The van der Waals surface area contributed by atoms with Crippen LogP contribution in [0.4, 0.5) is 0 Å². The monoisotopic (exact) mass is 302 g/mol. The quantitative estimate of drug-likeness (QED) is 0.478. The van der Waals surface area contributed by atoms with Crippen LogP contribution in [0.25, 0.3) is 6.08 Å². The van der Waals surface area contributed by atoms with E-state index in [-0.39, 0.29) is 22.5 Å². The van der Waals surface area contributed by atoms with E-state index in [1.54, 1.807) is 20.2 Å². The Morgan fingerprint density at radius 2 is 1.48 bits per heavy atom. The smallest absolute Gasteiger partial charge is 0.265 e. The summed E-state index contributed by atoms with van der Waals surface area (Å²) in [6, 6.07) is 7.84. The lowest BCUT2D eigenvalue weighted by molar-refractivity contribution is -0.132. The lowest BCUT2D eigenvalue weighted by atomic mass is 10.0. The number of nitrogens with zero attached hydrogens (tertiary/aromatic N) is 2. The summed E-state index contributed by atoms with van der Waals surface area (Å²) < 4.78 is 0. The van der Waals surface area contributed by atoms with Crippen molar-refractivity contribution >= 4 is 35.2 Å². The van der Waals surface area contributed by atoms with Crippen LogP contribution in [0, 0.1) is 0 Å². The fraction of sp³-hybridized carbons (Fsp3) is 0.312. The van der Waals surface area contributed by atoms with Crippen LogP contribution >= 0.6 is 12.2 Å². The number of thiocarbonyl (C=S) groups is 1. The van der Waals surface area contributed by atoms with Gasteiger partial charge in [-0.25, -0.2) is 0 Å². The molecule has 0 atom stereocenters. The largest absolute Gasteiger partial charge is 0.288 e. The van der Waals surface area contributed by atoms with Crippen molar-refractivity contribution in [1.82, 2.24) is 9.80 Å². The van der Waals surface area contributed by atoms with Crippen molar-refractivity contribution in [3.8, 4) is 0 Å². The topological polar surface area (TPSA) is 40.6 Å². The first kappa shape index (κ1) is 15.4. The summed E-state index contributed by atoms with van der Waals surface area (Å²) in [5.74, 6) is -0.286. The Balaban J connectivity index is 2.37. The second-order valence-electron chi connectivity index (χ2n) is 5.39. The Morgan fingerprint density at radius 1 is 1.00 bits per heavy atom. The van der Waals surface area contributed by atoms with E-state index in [0.29, 0.717) is 5.92 Å². The van der Waals surface area contributed by atoms with Gasteiger partial charge in [-0.1, -0.05) is 38.1 Å². The molecule has 1 aromatic carbocycles. The minimum Gasteiger partial charge on any atom is -0.288 e. The summed E-state index contributed by atoms with van der Waals surface area (Å²) in [6.45, 7) is 4.24. The molecule has 110 valence electrons. The van der Waals surface area contributed by atoms with Gasteiger partial charge in [-0.3, -0.25) is 19.4 Å². The van der Waals surface area contributed by atoms with Crippen molar-refractivity contribution in [2.24, 2.45) is 0 Å².